The van der Waals surface area contributed by atoms with Crippen LogP contribution in [0, 0.1) is 5.92 Å². The maximum absolute atomic E-state index is 12.7. The van der Waals surface area contributed by atoms with Crippen LogP contribution in [0.3, 0.4) is 0 Å². The summed E-state index contributed by atoms with van der Waals surface area (Å²) in [5.41, 5.74) is 2.20. The van der Waals surface area contributed by atoms with Gasteiger partial charge in [0.25, 0.3) is 0 Å². The maximum Gasteiger partial charge on any atom is 0.416 e. The van der Waals surface area contributed by atoms with Crippen molar-refractivity contribution < 1.29 is 26.4 Å². The first-order chi connectivity index (χ1) is 14.4. The maximum atomic E-state index is 12.7. The summed E-state index contributed by atoms with van der Waals surface area (Å²) in [4.78, 5) is 12.6. The quantitative estimate of drug-likeness (QED) is 0.641. The summed E-state index contributed by atoms with van der Waals surface area (Å²) >= 11 is 0. The lowest BCUT2D eigenvalue weighted by Crippen LogP contribution is -2.28. The highest BCUT2D eigenvalue weighted by molar-refractivity contribution is 7.92. The van der Waals surface area contributed by atoms with Crippen molar-refractivity contribution in [3.05, 3.63) is 64.7 Å². The van der Waals surface area contributed by atoms with Gasteiger partial charge in [-0.15, -0.1) is 0 Å². The number of alkyl halides is 3. The van der Waals surface area contributed by atoms with Crippen molar-refractivity contribution in [2.75, 3.05) is 11.0 Å². The highest BCUT2D eigenvalue weighted by Gasteiger charge is 2.44. The van der Waals surface area contributed by atoms with Crippen molar-refractivity contribution in [2.45, 2.75) is 44.8 Å². The Kier molecular flexibility index (Phi) is 6.36. The van der Waals surface area contributed by atoms with Gasteiger partial charge in [0.1, 0.15) is 0 Å². The number of amides is 1. The second-order valence-corrected chi connectivity index (χ2v) is 9.69. The van der Waals surface area contributed by atoms with Gasteiger partial charge in [-0.2, -0.15) is 13.2 Å². The normalized spacial score (nSPS) is 19.5. The van der Waals surface area contributed by atoms with E-state index in [0.717, 1.165) is 35.1 Å². The van der Waals surface area contributed by atoms with Gasteiger partial charge in [-0.1, -0.05) is 31.2 Å². The summed E-state index contributed by atoms with van der Waals surface area (Å²) in [5.74, 6) is -0.494. The molecule has 0 heterocycles. The molecule has 31 heavy (non-hydrogen) atoms. The molecule has 0 aromatic heterocycles. The van der Waals surface area contributed by atoms with Crippen molar-refractivity contribution in [2.24, 2.45) is 5.92 Å². The molecule has 0 aliphatic heterocycles. The molecule has 1 saturated carbocycles. The second-order valence-electron chi connectivity index (χ2n) is 7.94. The average molecular weight is 455 g/mol. The topological polar surface area (TPSA) is 75.3 Å². The van der Waals surface area contributed by atoms with E-state index in [1.165, 1.54) is 12.1 Å². The van der Waals surface area contributed by atoms with Crippen LogP contribution in [0.4, 0.5) is 18.9 Å². The van der Waals surface area contributed by atoms with E-state index in [4.69, 9.17) is 0 Å². The third kappa shape index (κ3) is 5.78. The molecule has 1 aliphatic carbocycles. The first kappa shape index (κ1) is 23.1. The molecule has 3 rings (SSSR count). The molecule has 0 radical (unpaired) electrons. The van der Waals surface area contributed by atoms with Gasteiger partial charge in [0.05, 0.1) is 23.5 Å². The number of sulfonamides is 1. The number of hydrogen-bond donors (Lipinski definition) is 2. The molecule has 1 fully saturated rings. The highest BCUT2D eigenvalue weighted by Crippen LogP contribution is 2.48. The Morgan fingerprint density at radius 2 is 1.81 bits per heavy atom. The lowest BCUT2D eigenvalue weighted by molar-refractivity contribution is -0.137. The van der Waals surface area contributed by atoms with Gasteiger partial charge in [0.15, 0.2) is 0 Å². The number of rotatable bonds is 7. The van der Waals surface area contributed by atoms with Crippen LogP contribution in [-0.2, 0) is 27.4 Å². The molecule has 2 N–H and O–H groups in total. The van der Waals surface area contributed by atoms with Gasteiger partial charge in [0, 0.05) is 5.92 Å². The zero-order chi connectivity index (χ0) is 23.0. The Morgan fingerprint density at radius 3 is 2.35 bits per heavy atom. The van der Waals surface area contributed by atoms with Crippen LogP contribution >= 0.6 is 0 Å². The summed E-state index contributed by atoms with van der Waals surface area (Å²) in [5, 5.41) is 2.95. The summed E-state index contributed by atoms with van der Waals surface area (Å²) < 4.78 is 63.6. The van der Waals surface area contributed by atoms with Gasteiger partial charge in [-0.25, -0.2) is 8.42 Å². The summed E-state index contributed by atoms with van der Waals surface area (Å²) in [6.07, 6.45) is -2.07. The predicted octanol–water partition coefficient (Wildman–Crippen LogP) is 4.62. The molecular weight excluding hydrogens is 429 g/mol. The average Bonchev–Trinajstić information content (AvgIpc) is 3.47. The molecule has 2 aromatic rings. The van der Waals surface area contributed by atoms with Crippen molar-refractivity contribution in [3.63, 3.8) is 0 Å². The molecule has 1 amide bonds. The number of carbonyl (C=O) groups is 1. The molecule has 9 heteroatoms. The zero-order valence-electron chi connectivity index (χ0n) is 17.5. The van der Waals surface area contributed by atoms with E-state index in [9.17, 15) is 26.4 Å². The molecule has 1 aliphatic rings. The first-order valence-electron chi connectivity index (χ1n) is 9.97. The number of anilines is 1. The fourth-order valence-corrected chi connectivity index (χ4v) is 4.25. The highest BCUT2D eigenvalue weighted by atomic mass is 32.2. The Hall–Kier alpha value is -2.55. The molecule has 3 atom stereocenters. The van der Waals surface area contributed by atoms with Crippen LogP contribution in [0.1, 0.15) is 54.5 Å². The van der Waals surface area contributed by atoms with E-state index in [2.05, 4.69) is 10.0 Å². The molecule has 5 nitrogen and oxygen atoms in total. The van der Waals surface area contributed by atoms with E-state index in [1.54, 1.807) is 12.1 Å². The van der Waals surface area contributed by atoms with E-state index >= 15 is 0 Å². The minimum absolute atomic E-state index is 0.0815. The number of halogens is 3. The van der Waals surface area contributed by atoms with Crippen LogP contribution in [0.25, 0.3) is 0 Å². The Bertz CT molecular complexity index is 1070. The number of aryl methyl sites for hydroxylation is 1. The largest absolute Gasteiger partial charge is 0.416 e. The number of carbonyl (C=O) groups excluding carboxylic acids is 1. The van der Waals surface area contributed by atoms with Gasteiger partial charge >= 0.3 is 6.18 Å². The molecule has 168 valence electrons. The third-order valence-corrected chi connectivity index (χ3v) is 6.05. The van der Waals surface area contributed by atoms with Crippen molar-refractivity contribution in [1.82, 2.24) is 5.32 Å². The SMILES string of the molecule is CCc1cc(C(C)NC(=O)C2CC2c2ccc(C(F)(F)F)cc2)ccc1NS(C)(=O)=O. The van der Waals surface area contributed by atoms with Gasteiger partial charge in [-0.3, -0.25) is 9.52 Å². The van der Waals surface area contributed by atoms with Gasteiger partial charge in [-0.05, 0) is 60.6 Å². The molecular formula is C22H25F3N2O3S. The third-order valence-electron chi connectivity index (χ3n) is 5.46. The minimum Gasteiger partial charge on any atom is -0.349 e. The van der Waals surface area contributed by atoms with E-state index in [1.807, 2.05) is 19.9 Å². The number of hydrogen-bond acceptors (Lipinski definition) is 3. The summed E-state index contributed by atoms with van der Waals surface area (Å²) in [6.45, 7) is 3.75. The zero-order valence-corrected chi connectivity index (χ0v) is 18.3. The van der Waals surface area contributed by atoms with Crippen LogP contribution < -0.4 is 10.0 Å². The molecule has 0 spiro atoms. The van der Waals surface area contributed by atoms with E-state index < -0.39 is 21.8 Å². The number of benzene rings is 2. The minimum atomic E-state index is -4.38. The Balaban J connectivity index is 1.63. The van der Waals surface area contributed by atoms with E-state index in [-0.39, 0.29) is 23.8 Å². The first-order valence-corrected chi connectivity index (χ1v) is 11.9. The molecule has 2 aromatic carbocycles. The fraction of sp³-hybridized carbons (Fsp3) is 0.409. The predicted molar refractivity (Wildman–Crippen MR) is 113 cm³/mol. The molecule has 3 unspecified atom stereocenters. The summed E-state index contributed by atoms with van der Waals surface area (Å²) in [7, 11) is -3.39. The second kappa shape index (κ2) is 8.53. The molecule has 0 bridgehead atoms. The molecule has 0 saturated heterocycles. The van der Waals surface area contributed by atoms with Crippen LogP contribution in [0.2, 0.25) is 0 Å². The van der Waals surface area contributed by atoms with Crippen molar-refractivity contribution in [3.8, 4) is 0 Å². The lowest BCUT2D eigenvalue weighted by Gasteiger charge is -2.17. The Morgan fingerprint density at radius 1 is 1.16 bits per heavy atom. The number of nitrogens with one attached hydrogen (secondary N) is 2. The standard InChI is InChI=1S/C22H25F3N2O3S/c1-4-14-11-16(7-10-20(14)27-31(3,29)30)13(2)26-21(28)19-12-18(19)15-5-8-17(9-6-15)22(23,24)25/h5-11,13,18-19,27H,4,12H2,1-3H3,(H,26,28). The monoisotopic (exact) mass is 454 g/mol. The Labute approximate surface area is 180 Å². The van der Waals surface area contributed by atoms with Crippen molar-refractivity contribution in [1.29, 1.82) is 0 Å². The lowest BCUT2D eigenvalue weighted by atomic mass is 10.0. The van der Waals surface area contributed by atoms with Crippen LogP contribution in [-0.4, -0.2) is 20.6 Å². The van der Waals surface area contributed by atoms with Crippen molar-refractivity contribution >= 4 is 21.6 Å². The van der Waals surface area contributed by atoms with E-state index in [0.29, 0.717) is 18.5 Å². The fourth-order valence-electron chi connectivity index (χ4n) is 3.65. The smallest absolute Gasteiger partial charge is 0.349 e. The summed E-state index contributed by atoms with van der Waals surface area (Å²) in [6, 6.07) is 9.97. The van der Waals surface area contributed by atoms with Gasteiger partial charge in [0.2, 0.25) is 15.9 Å². The van der Waals surface area contributed by atoms with Crippen LogP contribution in [0.5, 0.6) is 0 Å². The van der Waals surface area contributed by atoms with Gasteiger partial charge < -0.3 is 5.32 Å². The van der Waals surface area contributed by atoms with Crippen LogP contribution in [0.15, 0.2) is 42.5 Å².